The molecule has 4 aromatic rings. The SMILES string of the molecule is Cc1nn(-c2ccc(F)cc2)c(C)c1/C=C(/C#N)c1nc2ccccc2[nH]1. The predicted octanol–water partition coefficient (Wildman–Crippen LogP) is 4.57. The summed E-state index contributed by atoms with van der Waals surface area (Å²) in [5.41, 5.74) is 5.36. The summed E-state index contributed by atoms with van der Waals surface area (Å²) in [4.78, 5) is 7.68. The Hall–Kier alpha value is -3.72. The average Bonchev–Trinajstić information content (AvgIpc) is 3.22. The first-order chi connectivity index (χ1) is 13.1. The Morgan fingerprint density at radius 1 is 1.15 bits per heavy atom. The van der Waals surface area contributed by atoms with Gasteiger partial charge in [0.25, 0.3) is 0 Å². The number of allylic oxidation sites excluding steroid dienone is 1. The van der Waals surface area contributed by atoms with E-state index in [1.165, 1.54) is 12.1 Å². The standard InChI is InChI=1S/C21H16FN5/c1-13-18(14(2)27(26-13)17-9-7-16(22)8-10-17)11-15(12-23)21-24-19-5-3-4-6-20(19)25-21/h3-11H,1-2H3,(H,24,25)/b15-11-. The van der Waals surface area contributed by atoms with Gasteiger partial charge in [-0.05, 0) is 56.3 Å². The van der Waals surface area contributed by atoms with Crippen molar-refractivity contribution in [2.75, 3.05) is 0 Å². The van der Waals surface area contributed by atoms with Gasteiger partial charge in [-0.25, -0.2) is 14.1 Å². The van der Waals surface area contributed by atoms with E-state index in [-0.39, 0.29) is 5.82 Å². The zero-order chi connectivity index (χ0) is 19.0. The van der Waals surface area contributed by atoms with Crippen LogP contribution in [0, 0.1) is 31.0 Å². The van der Waals surface area contributed by atoms with Crippen LogP contribution in [-0.4, -0.2) is 19.7 Å². The minimum atomic E-state index is -0.294. The van der Waals surface area contributed by atoms with E-state index in [0.29, 0.717) is 11.4 Å². The summed E-state index contributed by atoms with van der Waals surface area (Å²) in [5, 5.41) is 14.2. The fourth-order valence-electron chi connectivity index (χ4n) is 3.08. The first-order valence-electron chi connectivity index (χ1n) is 8.46. The van der Waals surface area contributed by atoms with Crippen molar-refractivity contribution >= 4 is 22.7 Å². The zero-order valence-corrected chi connectivity index (χ0v) is 14.9. The predicted molar refractivity (Wildman–Crippen MR) is 103 cm³/mol. The molecule has 0 amide bonds. The smallest absolute Gasteiger partial charge is 0.149 e. The fourth-order valence-corrected chi connectivity index (χ4v) is 3.08. The monoisotopic (exact) mass is 357 g/mol. The van der Waals surface area contributed by atoms with Crippen molar-refractivity contribution in [1.82, 2.24) is 19.7 Å². The summed E-state index contributed by atoms with van der Waals surface area (Å²) >= 11 is 0. The largest absolute Gasteiger partial charge is 0.337 e. The average molecular weight is 357 g/mol. The van der Waals surface area contributed by atoms with Crippen molar-refractivity contribution in [3.63, 3.8) is 0 Å². The molecule has 0 atom stereocenters. The summed E-state index contributed by atoms with van der Waals surface area (Å²) in [6.07, 6.45) is 1.79. The van der Waals surface area contributed by atoms with Gasteiger partial charge in [0.15, 0.2) is 0 Å². The Kier molecular flexibility index (Phi) is 4.05. The third-order valence-electron chi connectivity index (χ3n) is 4.47. The Morgan fingerprint density at radius 3 is 2.59 bits per heavy atom. The third kappa shape index (κ3) is 3.00. The van der Waals surface area contributed by atoms with Crippen LogP contribution < -0.4 is 0 Å². The third-order valence-corrected chi connectivity index (χ3v) is 4.47. The van der Waals surface area contributed by atoms with E-state index in [4.69, 9.17) is 0 Å². The number of H-pyrrole nitrogens is 1. The first-order valence-corrected chi connectivity index (χ1v) is 8.46. The maximum atomic E-state index is 13.2. The molecule has 132 valence electrons. The van der Waals surface area contributed by atoms with Crippen LogP contribution in [-0.2, 0) is 0 Å². The molecule has 1 N–H and O–H groups in total. The Bertz CT molecular complexity index is 1170. The molecule has 2 heterocycles. The Labute approximate surface area is 155 Å². The lowest BCUT2D eigenvalue weighted by molar-refractivity contribution is 0.627. The van der Waals surface area contributed by atoms with Crippen LogP contribution in [0.1, 0.15) is 22.8 Å². The molecular formula is C21H16FN5. The van der Waals surface area contributed by atoms with Gasteiger partial charge in [-0.2, -0.15) is 10.4 Å². The van der Waals surface area contributed by atoms with Crippen LogP contribution in [0.15, 0.2) is 48.5 Å². The number of imidazole rings is 1. The molecule has 6 heteroatoms. The lowest BCUT2D eigenvalue weighted by Gasteiger charge is -2.04. The van der Waals surface area contributed by atoms with Crippen molar-refractivity contribution in [2.45, 2.75) is 13.8 Å². The summed E-state index contributed by atoms with van der Waals surface area (Å²) in [5.74, 6) is 0.226. The van der Waals surface area contributed by atoms with Gasteiger partial charge in [0.2, 0.25) is 0 Å². The number of hydrogen-bond donors (Lipinski definition) is 1. The van der Waals surface area contributed by atoms with Gasteiger partial charge in [0.1, 0.15) is 17.7 Å². The van der Waals surface area contributed by atoms with Gasteiger partial charge < -0.3 is 4.98 Å². The molecule has 0 saturated carbocycles. The first kappa shape index (κ1) is 16.7. The molecule has 5 nitrogen and oxygen atoms in total. The van der Waals surface area contributed by atoms with Crippen LogP contribution in [0.5, 0.6) is 0 Å². The van der Waals surface area contributed by atoms with Crippen LogP contribution in [0.4, 0.5) is 4.39 Å². The van der Waals surface area contributed by atoms with Crippen LogP contribution in [0.3, 0.4) is 0 Å². The topological polar surface area (TPSA) is 70.3 Å². The number of fused-ring (bicyclic) bond motifs is 1. The van der Waals surface area contributed by atoms with Gasteiger partial charge in [-0.3, -0.25) is 0 Å². The van der Waals surface area contributed by atoms with E-state index in [1.54, 1.807) is 22.9 Å². The number of hydrogen-bond acceptors (Lipinski definition) is 3. The summed E-state index contributed by atoms with van der Waals surface area (Å²) in [7, 11) is 0. The lowest BCUT2D eigenvalue weighted by atomic mass is 10.1. The molecule has 4 rings (SSSR count). The number of nitrogens with one attached hydrogen (secondary N) is 1. The van der Waals surface area contributed by atoms with Gasteiger partial charge >= 0.3 is 0 Å². The molecule has 0 fully saturated rings. The molecule has 0 unspecified atom stereocenters. The molecule has 0 spiro atoms. The number of halogens is 1. The van der Waals surface area contributed by atoms with Crippen molar-refractivity contribution in [2.24, 2.45) is 0 Å². The molecule has 0 aliphatic heterocycles. The van der Waals surface area contributed by atoms with Gasteiger partial charge in [-0.15, -0.1) is 0 Å². The number of benzene rings is 2. The fraction of sp³-hybridized carbons (Fsp3) is 0.0952. The highest BCUT2D eigenvalue weighted by Crippen LogP contribution is 2.24. The second-order valence-electron chi connectivity index (χ2n) is 6.25. The van der Waals surface area contributed by atoms with Crippen molar-refractivity contribution in [1.29, 1.82) is 5.26 Å². The molecule has 0 bridgehead atoms. The van der Waals surface area contributed by atoms with E-state index in [0.717, 1.165) is 33.7 Å². The van der Waals surface area contributed by atoms with E-state index in [9.17, 15) is 9.65 Å². The second kappa shape index (κ2) is 6.54. The van der Waals surface area contributed by atoms with E-state index in [2.05, 4.69) is 21.1 Å². The molecule has 0 aliphatic carbocycles. The van der Waals surface area contributed by atoms with Gasteiger partial charge in [-0.1, -0.05) is 12.1 Å². The summed E-state index contributed by atoms with van der Waals surface area (Å²) in [6, 6.07) is 16.0. The van der Waals surface area contributed by atoms with Crippen molar-refractivity contribution < 1.29 is 4.39 Å². The number of aromatic amines is 1. The van der Waals surface area contributed by atoms with Crippen LogP contribution in [0.25, 0.3) is 28.4 Å². The molecule has 0 radical (unpaired) electrons. The highest BCUT2D eigenvalue weighted by Gasteiger charge is 2.14. The molecule has 0 saturated heterocycles. The number of nitrogens with zero attached hydrogens (tertiary/aromatic N) is 4. The number of rotatable bonds is 3. The Morgan fingerprint density at radius 2 is 1.89 bits per heavy atom. The minimum Gasteiger partial charge on any atom is -0.337 e. The molecule has 0 aliphatic rings. The van der Waals surface area contributed by atoms with Crippen LogP contribution >= 0.6 is 0 Å². The molecule has 2 aromatic heterocycles. The quantitative estimate of drug-likeness (QED) is 0.546. The lowest BCUT2D eigenvalue weighted by Crippen LogP contribution is -1.99. The summed E-state index contributed by atoms with van der Waals surface area (Å²) < 4.78 is 14.9. The maximum absolute atomic E-state index is 13.2. The van der Waals surface area contributed by atoms with Crippen molar-refractivity contribution in [3.8, 4) is 11.8 Å². The normalized spacial score (nSPS) is 11.7. The number of aromatic nitrogens is 4. The number of nitriles is 1. The molecular weight excluding hydrogens is 341 g/mol. The Balaban J connectivity index is 1.80. The van der Waals surface area contributed by atoms with E-state index >= 15 is 0 Å². The molecule has 2 aromatic carbocycles. The van der Waals surface area contributed by atoms with Crippen LogP contribution in [0.2, 0.25) is 0 Å². The van der Waals surface area contributed by atoms with Crippen molar-refractivity contribution in [3.05, 3.63) is 77.1 Å². The second-order valence-corrected chi connectivity index (χ2v) is 6.25. The van der Waals surface area contributed by atoms with E-state index < -0.39 is 0 Å². The minimum absolute atomic E-state index is 0.294. The molecule has 27 heavy (non-hydrogen) atoms. The summed E-state index contributed by atoms with van der Waals surface area (Å²) in [6.45, 7) is 3.80. The number of para-hydroxylation sites is 2. The highest BCUT2D eigenvalue weighted by molar-refractivity contribution is 5.91. The number of aryl methyl sites for hydroxylation is 1. The highest BCUT2D eigenvalue weighted by atomic mass is 19.1. The van der Waals surface area contributed by atoms with Gasteiger partial charge in [0.05, 0.1) is 28.0 Å². The van der Waals surface area contributed by atoms with Gasteiger partial charge in [0, 0.05) is 11.3 Å². The maximum Gasteiger partial charge on any atom is 0.149 e. The zero-order valence-electron chi connectivity index (χ0n) is 14.9. The van der Waals surface area contributed by atoms with E-state index in [1.807, 2.05) is 38.1 Å².